The number of carbonyl (C=O) groups is 2. The maximum absolute atomic E-state index is 12.4. The molecular formula is C19H30N3O2+. The quantitative estimate of drug-likeness (QED) is 0.623. The van der Waals surface area contributed by atoms with Crippen LogP contribution < -0.4 is 15.5 Å². The van der Waals surface area contributed by atoms with Gasteiger partial charge in [0.25, 0.3) is 11.8 Å². The first kappa shape index (κ1) is 18.5. The zero-order chi connectivity index (χ0) is 17.5. The van der Waals surface area contributed by atoms with Gasteiger partial charge in [-0.25, -0.2) is 0 Å². The molecule has 1 aromatic rings. The Hall–Kier alpha value is -1.88. The number of amides is 2. The minimum atomic E-state index is -0.0128. The van der Waals surface area contributed by atoms with Gasteiger partial charge in [0.1, 0.15) is 0 Å². The van der Waals surface area contributed by atoms with Gasteiger partial charge < -0.3 is 15.5 Å². The van der Waals surface area contributed by atoms with E-state index < -0.39 is 0 Å². The molecule has 2 atom stereocenters. The molecule has 0 radical (unpaired) electrons. The van der Waals surface area contributed by atoms with Gasteiger partial charge in [-0.2, -0.15) is 0 Å². The van der Waals surface area contributed by atoms with Crippen LogP contribution in [0, 0.1) is 5.92 Å². The number of benzene rings is 1. The zero-order valence-corrected chi connectivity index (χ0v) is 15.0. The lowest BCUT2D eigenvalue weighted by atomic mass is 9.97. The molecule has 0 saturated heterocycles. The van der Waals surface area contributed by atoms with Crippen LogP contribution in [0.2, 0.25) is 0 Å². The summed E-state index contributed by atoms with van der Waals surface area (Å²) in [6.45, 7) is 4.95. The maximum Gasteiger partial charge on any atom is 0.275 e. The van der Waals surface area contributed by atoms with E-state index >= 15 is 0 Å². The molecule has 5 heteroatoms. The Kier molecular flexibility index (Phi) is 6.79. The topological polar surface area (TPSA) is 62.6 Å². The van der Waals surface area contributed by atoms with E-state index in [1.54, 1.807) is 0 Å². The van der Waals surface area contributed by atoms with Crippen molar-refractivity contribution >= 4 is 11.8 Å². The van der Waals surface area contributed by atoms with Crippen LogP contribution in [0.15, 0.2) is 30.3 Å². The average Bonchev–Trinajstić information content (AvgIpc) is 3.30. The second-order valence-electron chi connectivity index (χ2n) is 7.31. The molecule has 1 fully saturated rings. The van der Waals surface area contributed by atoms with Gasteiger partial charge in [-0.05, 0) is 30.7 Å². The largest absolute Gasteiger partial charge is 0.348 e. The molecule has 2 rings (SSSR count). The molecule has 1 saturated carbocycles. The van der Waals surface area contributed by atoms with Crippen LogP contribution >= 0.6 is 0 Å². The van der Waals surface area contributed by atoms with Gasteiger partial charge in [0.05, 0.1) is 13.1 Å². The van der Waals surface area contributed by atoms with Gasteiger partial charge in [0.2, 0.25) is 0 Å². The second kappa shape index (κ2) is 8.83. The van der Waals surface area contributed by atoms with Crippen LogP contribution in [0.5, 0.6) is 0 Å². The number of carbonyl (C=O) groups excluding carboxylic acids is 2. The highest BCUT2D eigenvalue weighted by Crippen LogP contribution is 2.20. The van der Waals surface area contributed by atoms with E-state index in [1.807, 2.05) is 37.4 Å². The number of rotatable bonds is 9. The molecular weight excluding hydrogens is 302 g/mol. The van der Waals surface area contributed by atoms with Crippen LogP contribution in [0.4, 0.5) is 0 Å². The molecule has 0 bridgehead atoms. The first-order chi connectivity index (χ1) is 11.4. The molecule has 1 aliphatic rings. The maximum atomic E-state index is 12.4. The molecule has 1 aliphatic carbocycles. The Labute approximate surface area is 144 Å². The third-order valence-electron chi connectivity index (χ3n) is 4.11. The van der Waals surface area contributed by atoms with E-state index in [2.05, 4.69) is 24.5 Å². The molecule has 3 N–H and O–H groups in total. The Morgan fingerprint density at radius 3 is 2.33 bits per heavy atom. The molecule has 0 spiro atoms. The summed E-state index contributed by atoms with van der Waals surface area (Å²) in [5, 5.41) is 6.09. The number of hydrogen-bond acceptors (Lipinski definition) is 2. The summed E-state index contributed by atoms with van der Waals surface area (Å²) in [7, 11) is 1.88. The Balaban J connectivity index is 1.83. The molecule has 132 valence electrons. The summed E-state index contributed by atoms with van der Waals surface area (Å²) in [6, 6.07) is 10.5. The van der Waals surface area contributed by atoms with Crippen molar-refractivity contribution in [2.24, 2.45) is 5.92 Å². The molecule has 0 aromatic heterocycles. The van der Waals surface area contributed by atoms with E-state index in [4.69, 9.17) is 0 Å². The van der Waals surface area contributed by atoms with Gasteiger partial charge in [0.15, 0.2) is 13.1 Å². The molecule has 24 heavy (non-hydrogen) atoms. The third-order valence-corrected chi connectivity index (χ3v) is 4.11. The van der Waals surface area contributed by atoms with Gasteiger partial charge in [0, 0.05) is 6.04 Å². The average molecular weight is 332 g/mol. The minimum Gasteiger partial charge on any atom is -0.348 e. The lowest BCUT2D eigenvalue weighted by molar-refractivity contribution is -0.862. The smallest absolute Gasteiger partial charge is 0.275 e. The van der Waals surface area contributed by atoms with Crippen molar-refractivity contribution in [1.82, 2.24) is 10.6 Å². The Morgan fingerprint density at radius 1 is 1.12 bits per heavy atom. The summed E-state index contributed by atoms with van der Waals surface area (Å²) < 4.78 is 0. The Morgan fingerprint density at radius 2 is 1.75 bits per heavy atom. The monoisotopic (exact) mass is 332 g/mol. The highest BCUT2D eigenvalue weighted by molar-refractivity contribution is 5.79. The van der Waals surface area contributed by atoms with E-state index in [-0.39, 0.29) is 17.9 Å². The lowest BCUT2D eigenvalue weighted by Gasteiger charge is -2.22. The van der Waals surface area contributed by atoms with E-state index in [0.717, 1.165) is 29.7 Å². The molecule has 0 heterocycles. The van der Waals surface area contributed by atoms with Crippen molar-refractivity contribution in [1.29, 1.82) is 0 Å². The van der Waals surface area contributed by atoms with Crippen LogP contribution in [-0.4, -0.2) is 38.0 Å². The van der Waals surface area contributed by atoms with E-state index in [9.17, 15) is 9.59 Å². The van der Waals surface area contributed by atoms with Crippen molar-refractivity contribution in [2.45, 2.75) is 45.2 Å². The SMILES string of the molecule is CC(C)C[C@H](NC(=O)C[NH+](C)CC(=O)NC1CC1)c1ccccc1. The molecule has 1 aromatic carbocycles. The van der Waals surface area contributed by atoms with Crippen molar-refractivity contribution in [3.8, 4) is 0 Å². The van der Waals surface area contributed by atoms with E-state index in [0.29, 0.717) is 25.0 Å². The number of likely N-dealkylation sites (N-methyl/N-ethyl adjacent to an activating group) is 1. The second-order valence-corrected chi connectivity index (χ2v) is 7.31. The fourth-order valence-electron chi connectivity index (χ4n) is 2.80. The van der Waals surface area contributed by atoms with E-state index in [1.165, 1.54) is 0 Å². The standard InChI is InChI=1S/C19H29N3O2/c1-14(2)11-17(15-7-5-4-6-8-15)21-19(24)13-22(3)12-18(23)20-16-9-10-16/h4-8,14,16-17H,9-13H2,1-3H3,(H,20,23)(H,21,24)/p+1/t17-/m0/s1. The molecule has 0 aliphatic heterocycles. The number of quaternary nitrogens is 1. The highest BCUT2D eigenvalue weighted by Gasteiger charge is 2.25. The van der Waals surface area contributed by atoms with Gasteiger partial charge in [-0.15, -0.1) is 0 Å². The minimum absolute atomic E-state index is 0.0128. The summed E-state index contributed by atoms with van der Waals surface area (Å²) in [5.74, 6) is 0.510. The normalized spacial score (nSPS) is 16.5. The fourth-order valence-corrected chi connectivity index (χ4v) is 2.80. The predicted octanol–water partition coefficient (Wildman–Crippen LogP) is 0.683. The predicted molar refractivity (Wildman–Crippen MR) is 94.6 cm³/mol. The van der Waals surface area contributed by atoms with Gasteiger partial charge in [-0.3, -0.25) is 9.59 Å². The number of nitrogens with one attached hydrogen (secondary N) is 3. The third kappa shape index (κ3) is 6.71. The summed E-state index contributed by atoms with van der Waals surface area (Å²) >= 11 is 0. The molecule has 5 nitrogen and oxygen atoms in total. The van der Waals surface area contributed by atoms with Crippen LogP contribution in [-0.2, 0) is 9.59 Å². The fraction of sp³-hybridized carbons (Fsp3) is 0.579. The van der Waals surface area contributed by atoms with Gasteiger partial charge in [-0.1, -0.05) is 44.2 Å². The lowest BCUT2D eigenvalue weighted by Crippen LogP contribution is -3.11. The first-order valence-corrected chi connectivity index (χ1v) is 8.89. The van der Waals surface area contributed by atoms with Crippen molar-refractivity contribution in [3.05, 3.63) is 35.9 Å². The van der Waals surface area contributed by atoms with Crippen LogP contribution in [0.3, 0.4) is 0 Å². The van der Waals surface area contributed by atoms with Gasteiger partial charge >= 0.3 is 0 Å². The summed E-state index contributed by atoms with van der Waals surface area (Å²) in [5.41, 5.74) is 1.13. The van der Waals surface area contributed by atoms with Crippen molar-refractivity contribution in [2.75, 3.05) is 20.1 Å². The van der Waals surface area contributed by atoms with Crippen molar-refractivity contribution < 1.29 is 14.5 Å². The molecule has 1 unspecified atom stereocenters. The molecule has 2 amide bonds. The zero-order valence-electron chi connectivity index (χ0n) is 15.0. The number of hydrogen-bond donors (Lipinski definition) is 3. The summed E-state index contributed by atoms with van der Waals surface area (Å²) in [4.78, 5) is 25.1. The summed E-state index contributed by atoms with van der Waals surface area (Å²) in [6.07, 6.45) is 3.06. The van der Waals surface area contributed by atoms with Crippen molar-refractivity contribution in [3.63, 3.8) is 0 Å². The van der Waals surface area contributed by atoms with Crippen LogP contribution in [0.1, 0.15) is 44.7 Å². The van der Waals surface area contributed by atoms with Crippen LogP contribution in [0.25, 0.3) is 0 Å². The first-order valence-electron chi connectivity index (χ1n) is 8.89. The Bertz CT molecular complexity index is 541. The highest BCUT2D eigenvalue weighted by atomic mass is 16.2.